The summed E-state index contributed by atoms with van der Waals surface area (Å²) in [4.78, 5) is 18.5. The second kappa shape index (κ2) is 6.48. The fraction of sp³-hybridized carbons (Fsp3) is 0.250. The van der Waals surface area contributed by atoms with Crippen LogP contribution >= 0.6 is 11.8 Å². The van der Waals surface area contributed by atoms with Crippen molar-refractivity contribution in [1.82, 2.24) is 29.4 Å². The van der Waals surface area contributed by atoms with Gasteiger partial charge >= 0.3 is 6.03 Å². The van der Waals surface area contributed by atoms with Crippen LogP contribution in [0, 0.1) is 13.8 Å². The second-order valence-corrected chi connectivity index (χ2v) is 6.48. The molecule has 0 N–H and O–H groups in total. The number of rotatable bonds is 3. The smallest absolute Gasteiger partial charge is 0.329 e. The molecule has 3 aromatic rings. The molecule has 0 aliphatic rings. The number of benzene rings is 1. The summed E-state index contributed by atoms with van der Waals surface area (Å²) in [6.07, 6.45) is 1.43. The topological polar surface area (TPSA) is 68.8 Å². The van der Waals surface area contributed by atoms with E-state index in [1.165, 1.54) is 27.7 Å². The first-order valence-electron chi connectivity index (χ1n) is 7.40. The van der Waals surface area contributed by atoms with Gasteiger partial charge in [-0.1, -0.05) is 18.2 Å². The van der Waals surface area contributed by atoms with Gasteiger partial charge in [-0.2, -0.15) is 9.78 Å². The Labute approximate surface area is 144 Å². The highest BCUT2D eigenvalue weighted by Crippen LogP contribution is 2.31. The van der Waals surface area contributed by atoms with Gasteiger partial charge in [0.05, 0.1) is 22.0 Å². The molecule has 7 nitrogen and oxygen atoms in total. The number of aromatic nitrogens is 5. The molecule has 2 aromatic heterocycles. The number of nitrogens with zero attached hydrogens (tertiary/aromatic N) is 6. The molecule has 0 atom stereocenters. The van der Waals surface area contributed by atoms with Crippen LogP contribution in [0.5, 0.6) is 0 Å². The van der Waals surface area contributed by atoms with E-state index in [-0.39, 0.29) is 6.03 Å². The van der Waals surface area contributed by atoms with Gasteiger partial charge in [0, 0.05) is 14.1 Å². The molecule has 0 unspecified atom stereocenters. The fourth-order valence-electron chi connectivity index (χ4n) is 2.28. The van der Waals surface area contributed by atoms with Gasteiger partial charge in [-0.15, -0.1) is 5.10 Å². The minimum atomic E-state index is -0.234. The first-order chi connectivity index (χ1) is 11.5. The van der Waals surface area contributed by atoms with Crippen molar-refractivity contribution in [2.75, 3.05) is 14.1 Å². The average molecular weight is 342 g/mol. The minimum Gasteiger partial charge on any atom is -0.329 e. The summed E-state index contributed by atoms with van der Waals surface area (Å²) in [5.74, 6) is 0. The Morgan fingerprint density at radius 1 is 1.12 bits per heavy atom. The lowest BCUT2D eigenvalue weighted by Crippen LogP contribution is -2.27. The summed E-state index contributed by atoms with van der Waals surface area (Å²) in [7, 11) is 3.35. The first-order valence-corrected chi connectivity index (χ1v) is 8.22. The molecule has 0 aliphatic heterocycles. The molecule has 3 rings (SSSR count). The maximum absolute atomic E-state index is 11.9. The highest BCUT2D eigenvalue weighted by Gasteiger charge is 2.17. The van der Waals surface area contributed by atoms with Crippen molar-refractivity contribution in [3.8, 4) is 5.69 Å². The Bertz CT molecular complexity index is 868. The zero-order chi connectivity index (χ0) is 17.3. The molecular weight excluding hydrogens is 324 g/mol. The molecule has 0 saturated carbocycles. The number of aryl methyl sites for hydroxylation is 1. The Kier molecular flexibility index (Phi) is 4.39. The van der Waals surface area contributed by atoms with Crippen molar-refractivity contribution in [3.05, 3.63) is 48.0 Å². The largest absolute Gasteiger partial charge is 0.345 e. The molecule has 0 spiro atoms. The SMILES string of the molecule is Cc1nn(-c2ccccc2)c(C)c1Sc1ncn(C(=O)N(C)C)n1. The van der Waals surface area contributed by atoms with Crippen LogP contribution in [0.1, 0.15) is 11.4 Å². The van der Waals surface area contributed by atoms with E-state index in [4.69, 9.17) is 0 Å². The van der Waals surface area contributed by atoms with Crippen LogP contribution < -0.4 is 0 Å². The minimum absolute atomic E-state index is 0.234. The van der Waals surface area contributed by atoms with E-state index in [1.807, 2.05) is 48.9 Å². The van der Waals surface area contributed by atoms with Crippen LogP contribution in [0.3, 0.4) is 0 Å². The number of amides is 1. The van der Waals surface area contributed by atoms with Gasteiger partial charge in [-0.25, -0.2) is 14.5 Å². The molecule has 1 amide bonds. The van der Waals surface area contributed by atoms with Crippen molar-refractivity contribution >= 4 is 17.8 Å². The van der Waals surface area contributed by atoms with E-state index >= 15 is 0 Å². The van der Waals surface area contributed by atoms with E-state index in [1.54, 1.807) is 14.1 Å². The average Bonchev–Trinajstić information content (AvgIpc) is 3.15. The van der Waals surface area contributed by atoms with Crippen LogP contribution in [0.2, 0.25) is 0 Å². The van der Waals surface area contributed by atoms with E-state index in [9.17, 15) is 4.79 Å². The third kappa shape index (κ3) is 3.05. The Hall–Kier alpha value is -2.61. The third-order valence-electron chi connectivity index (χ3n) is 3.47. The highest BCUT2D eigenvalue weighted by molar-refractivity contribution is 7.99. The number of para-hydroxylation sites is 1. The second-order valence-electron chi connectivity index (χ2n) is 5.50. The van der Waals surface area contributed by atoms with Gasteiger partial charge < -0.3 is 4.90 Å². The molecule has 0 aliphatic carbocycles. The summed E-state index contributed by atoms with van der Waals surface area (Å²) in [6.45, 7) is 3.97. The molecule has 124 valence electrons. The lowest BCUT2D eigenvalue weighted by Gasteiger charge is -2.07. The molecule has 8 heteroatoms. The van der Waals surface area contributed by atoms with Gasteiger partial charge in [0.25, 0.3) is 0 Å². The van der Waals surface area contributed by atoms with E-state index in [0.717, 1.165) is 22.0 Å². The predicted molar refractivity (Wildman–Crippen MR) is 91.7 cm³/mol. The molecule has 0 radical (unpaired) electrons. The molecular formula is C16H18N6OS. The molecule has 0 fully saturated rings. The number of hydrogen-bond acceptors (Lipinski definition) is 5. The Balaban J connectivity index is 1.89. The molecule has 24 heavy (non-hydrogen) atoms. The maximum atomic E-state index is 11.9. The summed E-state index contributed by atoms with van der Waals surface area (Å²) in [6, 6.07) is 9.72. The van der Waals surface area contributed by atoms with Gasteiger partial charge in [0.2, 0.25) is 5.16 Å². The van der Waals surface area contributed by atoms with E-state index in [2.05, 4.69) is 15.2 Å². The van der Waals surface area contributed by atoms with Crippen LogP contribution in [-0.2, 0) is 0 Å². The van der Waals surface area contributed by atoms with Crippen molar-refractivity contribution in [2.24, 2.45) is 0 Å². The van der Waals surface area contributed by atoms with Gasteiger partial charge in [0.15, 0.2) is 0 Å². The van der Waals surface area contributed by atoms with Crippen LogP contribution in [0.4, 0.5) is 4.79 Å². The van der Waals surface area contributed by atoms with E-state index in [0.29, 0.717) is 5.16 Å². The van der Waals surface area contributed by atoms with Crippen molar-refractivity contribution in [2.45, 2.75) is 23.9 Å². The fourth-order valence-corrected chi connectivity index (χ4v) is 3.11. The predicted octanol–water partition coefficient (Wildman–Crippen LogP) is 2.76. The number of hydrogen-bond donors (Lipinski definition) is 0. The van der Waals surface area contributed by atoms with Gasteiger partial charge in [-0.05, 0) is 37.7 Å². The lowest BCUT2D eigenvalue weighted by molar-refractivity contribution is 0.215. The van der Waals surface area contributed by atoms with Crippen molar-refractivity contribution < 1.29 is 4.79 Å². The normalized spacial score (nSPS) is 10.8. The zero-order valence-corrected chi connectivity index (χ0v) is 14.8. The standard InChI is InChI=1S/C16H18N6OS/c1-11-14(12(2)22(18-11)13-8-6-5-7-9-13)24-15-17-10-21(19-15)16(23)20(3)4/h5-10H,1-4H3. The summed E-state index contributed by atoms with van der Waals surface area (Å²) in [5.41, 5.74) is 2.92. The highest BCUT2D eigenvalue weighted by atomic mass is 32.2. The summed E-state index contributed by atoms with van der Waals surface area (Å²) < 4.78 is 3.13. The van der Waals surface area contributed by atoms with Gasteiger partial charge in [-0.3, -0.25) is 0 Å². The molecule has 0 saturated heterocycles. The molecule has 1 aromatic carbocycles. The molecule has 0 bridgehead atoms. The van der Waals surface area contributed by atoms with Crippen molar-refractivity contribution in [3.63, 3.8) is 0 Å². The van der Waals surface area contributed by atoms with Crippen LogP contribution in [-0.4, -0.2) is 49.6 Å². The monoisotopic (exact) mass is 342 g/mol. The summed E-state index contributed by atoms with van der Waals surface area (Å²) >= 11 is 1.41. The lowest BCUT2D eigenvalue weighted by atomic mass is 10.3. The maximum Gasteiger partial charge on any atom is 0.345 e. The van der Waals surface area contributed by atoms with Crippen LogP contribution in [0.15, 0.2) is 46.7 Å². The number of carbonyl (C=O) groups excluding carboxylic acids is 1. The first kappa shape index (κ1) is 16.3. The summed E-state index contributed by atoms with van der Waals surface area (Å²) in [5, 5.41) is 9.35. The Morgan fingerprint density at radius 3 is 2.50 bits per heavy atom. The quantitative estimate of drug-likeness (QED) is 0.732. The van der Waals surface area contributed by atoms with Crippen LogP contribution in [0.25, 0.3) is 5.69 Å². The third-order valence-corrected chi connectivity index (χ3v) is 4.63. The van der Waals surface area contributed by atoms with Crippen molar-refractivity contribution in [1.29, 1.82) is 0 Å². The van der Waals surface area contributed by atoms with E-state index < -0.39 is 0 Å². The zero-order valence-electron chi connectivity index (χ0n) is 14.0. The molecule has 2 heterocycles. The Morgan fingerprint density at radius 2 is 1.83 bits per heavy atom. The van der Waals surface area contributed by atoms with Gasteiger partial charge in [0.1, 0.15) is 6.33 Å². The number of carbonyl (C=O) groups is 1.